The highest BCUT2D eigenvalue weighted by Crippen LogP contribution is 2.27. The maximum absolute atomic E-state index is 13.2. The van der Waals surface area contributed by atoms with Crippen LogP contribution in [0.4, 0.5) is 10.3 Å². The summed E-state index contributed by atoms with van der Waals surface area (Å²) in [6.45, 7) is 9.71. The number of benzene rings is 1. The summed E-state index contributed by atoms with van der Waals surface area (Å²) < 4.78 is 15.2. The molecule has 2 aromatic rings. The number of nitrogen functional groups attached to an aromatic ring is 1. The number of aromatic nitrogens is 2. The van der Waals surface area contributed by atoms with Gasteiger partial charge in [0.25, 0.3) is 0 Å². The number of rotatable bonds is 4. The molecule has 0 aliphatic carbocycles. The molecule has 0 radical (unpaired) electrons. The van der Waals surface area contributed by atoms with Gasteiger partial charge >= 0.3 is 0 Å². The molecule has 0 atom stereocenters. The summed E-state index contributed by atoms with van der Waals surface area (Å²) in [4.78, 5) is 4.25. The Kier molecular flexibility index (Phi) is 3.78. The molecule has 3 nitrogen and oxygen atoms in total. The first-order valence-electron chi connectivity index (χ1n) is 6.81. The van der Waals surface area contributed by atoms with Gasteiger partial charge in [0.2, 0.25) is 5.95 Å². The second-order valence-electron chi connectivity index (χ2n) is 5.87. The van der Waals surface area contributed by atoms with Crippen LogP contribution in [-0.2, 0) is 6.54 Å². The van der Waals surface area contributed by atoms with Crippen molar-refractivity contribution in [2.24, 2.45) is 17.8 Å². The van der Waals surface area contributed by atoms with Gasteiger partial charge in [0, 0.05) is 12.6 Å². The van der Waals surface area contributed by atoms with Crippen molar-refractivity contribution >= 4 is 17.0 Å². The summed E-state index contributed by atoms with van der Waals surface area (Å²) in [5.74, 6) is 1.84. The van der Waals surface area contributed by atoms with E-state index in [1.807, 2.05) is 4.57 Å². The van der Waals surface area contributed by atoms with Crippen LogP contribution in [0.15, 0.2) is 18.2 Å². The number of hydrogen-bond acceptors (Lipinski definition) is 2. The monoisotopic (exact) mass is 263 g/mol. The summed E-state index contributed by atoms with van der Waals surface area (Å²) in [6, 6.07) is 4.65. The van der Waals surface area contributed by atoms with E-state index in [4.69, 9.17) is 5.73 Å². The molecule has 104 valence electrons. The second kappa shape index (κ2) is 5.19. The molecule has 0 amide bonds. The lowest BCUT2D eigenvalue weighted by Crippen LogP contribution is -2.22. The van der Waals surface area contributed by atoms with E-state index in [2.05, 4.69) is 32.7 Å². The van der Waals surface area contributed by atoms with Crippen molar-refractivity contribution in [3.8, 4) is 0 Å². The fourth-order valence-corrected chi connectivity index (χ4v) is 2.72. The van der Waals surface area contributed by atoms with Crippen molar-refractivity contribution in [2.45, 2.75) is 34.2 Å². The van der Waals surface area contributed by atoms with Gasteiger partial charge in [0.15, 0.2) is 0 Å². The number of nitrogens with two attached hydrogens (primary N) is 1. The average molecular weight is 263 g/mol. The number of halogens is 1. The van der Waals surface area contributed by atoms with E-state index in [1.165, 1.54) is 12.1 Å². The highest BCUT2D eigenvalue weighted by Gasteiger charge is 2.20. The van der Waals surface area contributed by atoms with E-state index in [0.717, 1.165) is 12.1 Å². The van der Waals surface area contributed by atoms with Gasteiger partial charge in [0.1, 0.15) is 5.82 Å². The summed E-state index contributed by atoms with van der Waals surface area (Å²) >= 11 is 0. The van der Waals surface area contributed by atoms with Crippen molar-refractivity contribution in [3.63, 3.8) is 0 Å². The smallest absolute Gasteiger partial charge is 0.201 e. The lowest BCUT2D eigenvalue weighted by Gasteiger charge is -2.25. The second-order valence-corrected chi connectivity index (χ2v) is 5.87. The van der Waals surface area contributed by atoms with Gasteiger partial charge in [0.05, 0.1) is 11.0 Å². The molecule has 1 aromatic heterocycles. The van der Waals surface area contributed by atoms with Crippen LogP contribution in [0.5, 0.6) is 0 Å². The van der Waals surface area contributed by atoms with Crippen LogP contribution in [0.3, 0.4) is 0 Å². The quantitative estimate of drug-likeness (QED) is 0.914. The van der Waals surface area contributed by atoms with E-state index >= 15 is 0 Å². The van der Waals surface area contributed by atoms with Gasteiger partial charge in [-0.25, -0.2) is 9.37 Å². The number of hydrogen-bond donors (Lipinski definition) is 1. The minimum Gasteiger partial charge on any atom is -0.369 e. The third-order valence-corrected chi connectivity index (χ3v) is 3.85. The highest BCUT2D eigenvalue weighted by molar-refractivity contribution is 5.78. The Morgan fingerprint density at radius 2 is 1.84 bits per heavy atom. The Balaban J connectivity index is 2.42. The van der Waals surface area contributed by atoms with Crippen molar-refractivity contribution in [1.82, 2.24) is 9.55 Å². The molecule has 0 fully saturated rings. The maximum atomic E-state index is 13.2. The van der Waals surface area contributed by atoms with Gasteiger partial charge in [-0.2, -0.15) is 0 Å². The number of imidazole rings is 1. The fourth-order valence-electron chi connectivity index (χ4n) is 2.72. The minimum atomic E-state index is -0.276. The van der Waals surface area contributed by atoms with Gasteiger partial charge in [-0.05, 0) is 29.9 Å². The average Bonchev–Trinajstić information content (AvgIpc) is 2.60. The summed E-state index contributed by atoms with van der Waals surface area (Å²) in [5.41, 5.74) is 7.52. The fraction of sp³-hybridized carbons (Fsp3) is 0.533. The van der Waals surface area contributed by atoms with Crippen molar-refractivity contribution < 1.29 is 4.39 Å². The SMILES string of the molecule is CC(C)C(Cn1c(N)nc2cc(F)ccc21)C(C)C. The first-order valence-corrected chi connectivity index (χ1v) is 6.81. The summed E-state index contributed by atoms with van der Waals surface area (Å²) in [5, 5.41) is 0. The number of fused-ring (bicyclic) bond motifs is 1. The Morgan fingerprint density at radius 1 is 1.21 bits per heavy atom. The standard InChI is InChI=1S/C15H22FN3/c1-9(2)12(10(3)4)8-19-14-6-5-11(16)7-13(14)18-15(19)17/h5-7,9-10,12H,8H2,1-4H3,(H2,17,18). The van der Waals surface area contributed by atoms with Crippen molar-refractivity contribution in [2.75, 3.05) is 5.73 Å². The van der Waals surface area contributed by atoms with E-state index in [9.17, 15) is 4.39 Å². The molecule has 0 aliphatic rings. The normalized spacial score (nSPS) is 12.2. The molecule has 2 N–H and O–H groups in total. The summed E-state index contributed by atoms with van der Waals surface area (Å²) in [6.07, 6.45) is 0. The molecule has 0 spiro atoms. The predicted octanol–water partition coefficient (Wildman–Crippen LogP) is 3.69. The molecule has 4 heteroatoms. The van der Waals surface area contributed by atoms with Crippen LogP contribution in [0.1, 0.15) is 27.7 Å². The van der Waals surface area contributed by atoms with Crippen LogP contribution in [0.25, 0.3) is 11.0 Å². The molecule has 1 heterocycles. The Bertz CT molecular complexity index is 564. The zero-order valence-corrected chi connectivity index (χ0v) is 12.0. The van der Waals surface area contributed by atoms with Crippen LogP contribution in [-0.4, -0.2) is 9.55 Å². The molecule has 0 saturated carbocycles. The van der Waals surface area contributed by atoms with E-state index in [-0.39, 0.29) is 5.82 Å². The topological polar surface area (TPSA) is 43.8 Å². The predicted molar refractivity (Wildman–Crippen MR) is 77.3 cm³/mol. The Morgan fingerprint density at radius 3 is 2.42 bits per heavy atom. The largest absolute Gasteiger partial charge is 0.369 e. The molecule has 0 bridgehead atoms. The van der Waals surface area contributed by atoms with Crippen molar-refractivity contribution in [3.05, 3.63) is 24.0 Å². The van der Waals surface area contributed by atoms with E-state index in [1.54, 1.807) is 6.07 Å². The van der Waals surface area contributed by atoms with Gasteiger partial charge < -0.3 is 10.3 Å². The van der Waals surface area contributed by atoms with Crippen LogP contribution < -0.4 is 5.73 Å². The lowest BCUT2D eigenvalue weighted by molar-refractivity contribution is 0.255. The molecule has 1 aromatic carbocycles. The van der Waals surface area contributed by atoms with Crippen LogP contribution in [0.2, 0.25) is 0 Å². The zero-order chi connectivity index (χ0) is 14.2. The number of nitrogens with zero attached hydrogens (tertiary/aromatic N) is 2. The first-order chi connectivity index (χ1) is 8.90. The van der Waals surface area contributed by atoms with Crippen LogP contribution in [0, 0.1) is 23.6 Å². The minimum absolute atomic E-state index is 0.276. The van der Waals surface area contributed by atoms with Gasteiger partial charge in [-0.1, -0.05) is 27.7 Å². The Labute approximate surface area is 113 Å². The lowest BCUT2D eigenvalue weighted by atomic mass is 9.85. The van der Waals surface area contributed by atoms with Gasteiger partial charge in [-0.3, -0.25) is 0 Å². The van der Waals surface area contributed by atoms with E-state index < -0.39 is 0 Å². The molecule has 0 unspecified atom stereocenters. The molecule has 0 saturated heterocycles. The molecular formula is C15H22FN3. The maximum Gasteiger partial charge on any atom is 0.201 e. The molecule has 0 aliphatic heterocycles. The Hall–Kier alpha value is -1.58. The van der Waals surface area contributed by atoms with Gasteiger partial charge in [-0.15, -0.1) is 0 Å². The first kappa shape index (κ1) is 13.8. The molecule has 2 rings (SSSR count). The van der Waals surface area contributed by atoms with E-state index in [0.29, 0.717) is 29.2 Å². The molecule has 19 heavy (non-hydrogen) atoms. The van der Waals surface area contributed by atoms with Crippen LogP contribution >= 0.6 is 0 Å². The zero-order valence-electron chi connectivity index (χ0n) is 12.0. The number of anilines is 1. The third-order valence-electron chi connectivity index (χ3n) is 3.85. The highest BCUT2D eigenvalue weighted by atomic mass is 19.1. The third kappa shape index (κ3) is 2.72. The van der Waals surface area contributed by atoms with Crippen molar-refractivity contribution in [1.29, 1.82) is 0 Å². The summed E-state index contributed by atoms with van der Waals surface area (Å²) in [7, 11) is 0. The molecular weight excluding hydrogens is 241 g/mol.